The van der Waals surface area contributed by atoms with Crippen molar-refractivity contribution in [1.82, 2.24) is 15.1 Å². The minimum Gasteiger partial charge on any atom is -0.482 e. The Morgan fingerprint density at radius 3 is 2.36 bits per heavy atom. The summed E-state index contributed by atoms with van der Waals surface area (Å²) in [6.45, 7) is 3.07. The second-order valence-electron chi connectivity index (χ2n) is 5.53. The van der Waals surface area contributed by atoms with Crippen LogP contribution in [0.4, 0.5) is 0 Å². The van der Waals surface area contributed by atoms with Crippen molar-refractivity contribution < 1.29 is 19.1 Å². The molecule has 25 heavy (non-hydrogen) atoms. The van der Waals surface area contributed by atoms with Gasteiger partial charge in [0.25, 0.3) is 5.91 Å². The van der Waals surface area contributed by atoms with E-state index in [1.54, 1.807) is 21.9 Å². The zero-order valence-corrected chi connectivity index (χ0v) is 15.3. The second kappa shape index (κ2) is 8.92. The van der Waals surface area contributed by atoms with Crippen molar-refractivity contribution in [2.24, 2.45) is 0 Å². The number of rotatable bonds is 5. The smallest absolute Gasteiger partial charge is 0.258 e. The van der Waals surface area contributed by atoms with Crippen molar-refractivity contribution >= 4 is 40.9 Å². The summed E-state index contributed by atoms with van der Waals surface area (Å²) in [5, 5.41) is 3.28. The summed E-state index contributed by atoms with van der Waals surface area (Å²) in [6, 6.07) is 4.68. The second-order valence-corrected chi connectivity index (χ2v) is 6.37. The third-order valence-corrected chi connectivity index (χ3v) is 4.30. The first-order chi connectivity index (χ1) is 11.9. The van der Waals surface area contributed by atoms with Crippen LogP contribution in [0.1, 0.15) is 6.92 Å². The van der Waals surface area contributed by atoms with Crippen LogP contribution in [-0.2, 0) is 14.4 Å². The Kier molecular flexibility index (Phi) is 6.90. The van der Waals surface area contributed by atoms with Gasteiger partial charge in [-0.3, -0.25) is 14.4 Å². The van der Waals surface area contributed by atoms with Crippen molar-refractivity contribution in [2.45, 2.75) is 6.92 Å². The Bertz CT molecular complexity index is 661. The molecule has 9 heteroatoms. The molecule has 1 N–H and O–H groups in total. The van der Waals surface area contributed by atoms with Gasteiger partial charge < -0.3 is 19.9 Å². The van der Waals surface area contributed by atoms with Crippen LogP contribution >= 0.6 is 23.2 Å². The molecule has 0 unspecified atom stereocenters. The molecule has 0 bridgehead atoms. The van der Waals surface area contributed by atoms with Crippen molar-refractivity contribution in [3.63, 3.8) is 0 Å². The molecule has 1 saturated heterocycles. The SMILES string of the molecule is CC(=O)N1CCN(C(=O)CNC(=O)COc2ccc(Cl)cc2Cl)CC1. The molecule has 1 aliphatic heterocycles. The molecule has 0 spiro atoms. The Labute approximate surface area is 155 Å². The van der Waals surface area contributed by atoms with Gasteiger partial charge in [0.15, 0.2) is 6.61 Å². The highest BCUT2D eigenvalue weighted by atomic mass is 35.5. The maximum atomic E-state index is 12.1. The molecule has 3 amide bonds. The Hall–Kier alpha value is -1.99. The van der Waals surface area contributed by atoms with Gasteiger partial charge in [-0.15, -0.1) is 0 Å². The molecule has 1 aliphatic rings. The maximum Gasteiger partial charge on any atom is 0.258 e. The average Bonchev–Trinajstić information content (AvgIpc) is 2.59. The fraction of sp³-hybridized carbons (Fsp3) is 0.438. The number of piperazine rings is 1. The van der Waals surface area contributed by atoms with Gasteiger partial charge in [-0.2, -0.15) is 0 Å². The Balaban J connectivity index is 1.71. The fourth-order valence-corrected chi connectivity index (χ4v) is 2.81. The lowest BCUT2D eigenvalue weighted by atomic mass is 10.3. The lowest BCUT2D eigenvalue weighted by molar-refractivity contribution is -0.138. The standard InChI is InChI=1S/C16H19Cl2N3O4/c1-11(22)20-4-6-21(7-5-20)16(24)9-19-15(23)10-25-14-3-2-12(17)8-13(14)18/h2-3,8H,4-7,9-10H2,1H3,(H,19,23). The quantitative estimate of drug-likeness (QED) is 0.822. The zero-order valence-electron chi connectivity index (χ0n) is 13.8. The lowest BCUT2D eigenvalue weighted by Gasteiger charge is -2.34. The summed E-state index contributed by atoms with van der Waals surface area (Å²) in [7, 11) is 0. The predicted octanol–water partition coefficient (Wildman–Crippen LogP) is 1.18. The van der Waals surface area contributed by atoms with Gasteiger partial charge in [0.05, 0.1) is 11.6 Å². The van der Waals surface area contributed by atoms with Crippen LogP contribution in [0.15, 0.2) is 18.2 Å². The third-order valence-electron chi connectivity index (χ3n) is 3.77. The molecular weight excluding hydrogens is 369 g/mol. The molecule has 1 heterocycles. The van der Waals surface area contributed by atoms with E-state index in [0.29, 0.717) is 42.0 Å². The Morgan fingerprint density at radius 2 is 1.76 bits per heavy atom. The number of amides is 3. The molecule has 1 aromatic carbocycles. The highest BCUT2D eigenvalue weighted by molar-refractivity contribution is 6.35. The van der Waals surface area contributed by atoms with Gasteiger partial charge in [-0.25, -0.2) is 0 Å². The molecule has 0 aliphatic carbocycles. The molecule has 0 atom stereocenters. The fourth-order valence-electron chi connectivity index (χ4n) is 2.34. The molecule has 7 nitrogen and oxygen atoms in total. The number of ether oxygens (including phenoxy) is 1. The number of hydrogen-bond donors (Lipinski definition) is 1. The Morgan fingerprint density at radius 1 is 1.12 bits per heavy atom. The van der Waals surface area contributed by atoms with Gasteiger partial charge >= 0.3 is 0 Å². The first-order valence-electron chi connectivity index (χ1n) is 7.74. The lowest BCUT2D eigenvalue weighted by Crippen LogP contribution is -2.52. The van der Waals surface area contributed by atoms with E-state index >= 15 is 0 Å². The number of halogens is 2. The number of nitrogens with zero attached hydrogens (tertiary/aromatic N) is 2. The van der Waals surface area contributed by atoms with Crippen LogP contribution in [-0.4, -0.2) is 66.9 Å². The van der Waals surface area contributed by atoms with Crippen molar-refractivity contribution in [3.05, 3.63) is 28.2 Å². The largest absolute Gasteiger partial charge is 0.482 e. The van der Waals surface area contributed by atoms with Crippen LogP contribution in [0.25, 0.3) is 0 Å². The van der Waals surface area contributed by atoms with Crippen LogP contribution in [0, 0.1) is 0 Å². The van der Waals surface area contributed by atoms with E-state index < -0.39 is 5.91 Å². The maximum absolute atomic E-state index is 12.1. The summed E-state index contributed by atoms with van der Waals surface area (Å²) in [5.74, 6) is -0.283. The molecule has 0 radical (unpaired) electrons. The number of hydrogen-bond acceptors (Lipinski definition) is 4. The minimum atomic E-state index is -0.429. The van der Waals surface area contributed by atoms with E-state index in [0.717, 1.165) is 0 Å². The van der Waals surface area contributed by atoms with E-state index in [-0.39, 0.29) is 25.0 Å². The van der Waals surface area contributed by atoms with Gasteiger partial charge in [0.2, 0.25) is 11.8 Å². The first kappa shape index (κ1) is 19.3. The van der Waals surface area contributed by atoms with Crippen LogP contribution < -0.4 is 10.1 Å². The van der Waals surface area contributed by atoms with E-state index in [4.69, 9.17) is 27.9 Å². The van der Waals surface area contributed by atoms with Crippen LogP contribution in [0.2, 0.25) is 10.0 Å². The number of nitrogens with one attached hydrogen (secondary N) is 1. The van der Waals surface area contributed by atoms with E-state index in [1.807, 2.05) is 0 Å². The molecular formula is C16H19Cl2N3O4. The van der Waals surface area contributed by atoms with Gasteiger partial charge in [0.1, 0.15) is 5.75 Å². The van der Waals surface area contributed by atoms with Crippen molar-refractivity contribution in [2.75, 3.05) is 39.3 Å². The summed E-state index contributed by atoms with van der Waals surface area (Å²) in [6.07, 6.45) is 0. The highest BCUT2D eigenvalue weighted by Crippen LogP contribution is 2.27. The summed E-state index contributed by atoms with van der Waals surface area (Å²) in [5.41, 5.74) is 0. The van der Waals surface area contributed by atoms with E-state index in [9.17, 15) is 14.4 Å². The van der Waals surface area contributed by atoms with E-state index in [2.05, 4.69) is 5.32 Å². The molecule has 0 saturated carbocycles. The molecule has 136 valence electrons. The predicted molar refractivity (Wildman–Crippen MR) is 93.8 cm³/mol. The van der Waals surface area contributed by atoms with Crippen molar-refractivity contribution in [3.8, 4) is 5.75 Å². The zero-order chi connectivity index (χ0) is 18.4. The molecule has 2 rings (SSSR count). The highest BCUT2D eigenvalue weighted by Gasteiger charge is 2.22. The first-order valence-corrected chi connectivity index (χ1v) is 8.50. The molecule has 0 aromatic heterocycles. The third kappa shape index (κ3) is 5.79. The van der Waals surface area contributed by atoms with Crippen LogP contribution in [0.3, 0.4) is 0 Å². The topological polar surface area (TPSA) is 79.0 Å². The van der Waals surface area contributed by atoms with Gasteiger partial charge in [-0.1, -0.05) is 23.2 Å². The van der Waals surface area contributed by atoms with Crippen molar-refractivity contribution in [1.29, 1.82) is 0 Å². The summed E-state index contributed by atoms with van der Waals surface area (Å²) in [4.78, 5) is 38.4. The molecule has 1 aromatic rings. The van der Waals surface area contributed by atoms with Gasteiger partial charge in [-0.05, 0) is 18.2 Å². The number of carbonyl (C=O) groups is 3. The van der Waals surface area contributed by atoms with Gasteiger partial charge in [0, 0.05) is 38.1 Å². The number of benzene rings is 1. The average molecular weight is 388 g/mol. The van der Waals surface area contributed by atoms with Crippen LogP contribution in [0.5, 0.6) is 5.75 Å². The normalized spacial score (nSPS) is 14.2. The van der Waals surface area contributed by atoms with E-state index in [1.165, 1.54) is 13.0 Å². The molecule has 1 fully saturated rings. The summed E-state index contributed by atoms with van der Waals surface area (Å²) < 4.78 is 5.30. The monoisotopic (exact) mass is 387 g/mol. The number of carbonyl (C=O) groups excluding carboxylic acids is 3. The summed E-state index contributed by atoms with van der Waals surface area (Å²) >= 11 is 11.7. The minimum absolute atomic E-state index is 0.00147.